The predicted octanol–water partition coefficient (Wildman–Crippen LogP) is 5.60. The van der Waals surface area contributed by atoms with Gasteiger partial charge >= 0.3 is 0 Å². The van der Waals surface area contributed by atoms with Gasteiger partial charge in [0.2, 0.25) is 0 Å². The van der Waals surface area contributed by atoms with Crippen LogP contribution in [0.5, 0.6) is 0 Å². The second-order valence-electron chi connectivity index (χ2n) is 6.07. The quantitative estimate of drug-likeness (QED) is 0.720. The largest absolute Gasteiger partial charge is 0.310 e. The lowest BCUT2D eigenvalue weighted by molar-refractivity contribution is 0.175. The highest BCUT2D eigenvalue weighted by Crippen LogP contribution is 2.41. The minimum absolute atomic E-state index is 0.425. The van der Waals surface area contributed by atoms with Crippen molar-refractivity contribution in [1.82, 2.24) is 5.32 Å². The Morgan fingerprint density at radius 2 is 1.95 bits per heavy atom. The van der Waals surface area contributed by atoms with Crippen molar-refractivity contribution in [1.29, 1.82) is 0 Å². The highest BCUT2D eigenvalue weighted by atomic mass is 35.5. The van der Waals surface area contributed by atoms with Crippen molar-refractivity contribution < 1.29 is 0 Å². The van der Waals surface area contributed by atoms with Crippen LogP contribution in [0, 0.1) is 11.8 Å². The number of benzene rings is 1. The van der Waals surface area contributed by atoms with E-state index < -0.39 is 0 Å². The van der Waals surface area contributed by atoms with Gasteiger partial charge in [0, 0.05) is 11.1 Å². The van der Waals surface area contributed by atoms with E-state index in [1.807, 2.05) is 12.1 Å². The molecular formula is C18H28ClN. The molecule has 1 aromatic carbocycles. The molecule has 3 unspecified atom stereocenters. The lowest BCUT2D eigenvalue weighted by Gasteiger charge is -2.38. The first-order chi connectivity index (χ1) is 9.77. The summed E-state index contributed by atoms with van der Waals surface area (Å²) in [4.78, 5) is 0. The van der Waals surface area contributed by atoms with Crippen LogP contribution in [-0.2, 0) is 0 Å². The third kappa shape index (κ3) is 3.77. The Morgan fingerprint density at radius 1 is 1.20 bits per heavy atom. The standard InChI is InChI=1S/C18H28ClN/c1-3-13-20-18(16-11-7-8-12-17(16)19)15-10-6-5-9-14(15)4-2/h7-8,11-12,14-15,18,20H,3-6,9-10,13H2,1-2H3. The van der Waals surface area contributed by atoms with Crippen LogP contribution in [0.3, 0.4) is 0 Å². The smallest absolute Gasteiger partial charge is 0.0453 e. The zero-order chi connectivity index (χ0) is 14.4. The summed E-state index contributed by atoms with van der Waals surface area (Å²) < 4.78 is 0. The summed E-state index contributed by atoms with van der Waals surface area (Å²) in [5.41, 5.74) is 1.30. The van der Waals surface area contributed by atoms with Gasteiger partial charge in [0.15, 0.2) is 0 Å². The van der Waals surface area contributed by atoms with E-state index in [0.29, 0.717) is 6.04 Å². The van der Waals surface area contributed by atoms with E-state index >= 15 is 0 Å². The summed E-state index contributed by atoms with van der Waals surface area (Å²) in [5, 5.41) is 4.69. The maximum Gasteiger partial charge on any atom is 0.0453 e. The summed E-state index contributed by atoms with van der Waals surface area (Å²) in [6, 6.07) is 8.80. The summed E-state index contributed by atoms with van der Waals surface area (Å²) in [5.74, 6) is 1.58. The first-order valence-electron chi connectivity index (χ1n) is 8.25. The Balaban J connectivity index is 2.24. The molecule has 0 heterocycles. The van der Waals surface area contributed by atoms with Crippen LogP contribution in [0.4, 0.5) is 0 Å². The number of rotatable bonds is 6. The average Bonchev–Trinajstić information content (AvgIpc) is 2.49. The van der Waals surface area contributed by atoms with Gasteiger partial charge in [-0.2, -0.15) is 0 Å². The third-order valence-electron chi connectivity index (χ3n) is 4.77. The van der Waals surface area contributed by atoms with Crippen LogP contribution in [0.1, 0.15) is 64.0 Å². The number of halogens is 1. The minimum atomic E-state index is 0.425. The molecule has 2 rings (SSSR count). The molecule has 20 heavy (non-hydrogen) atoms. The van der Waals surface area contributed by atoms with E-state index in [1.165, 1.54) is 44.1 Å². The topological polar surface area (TPSA) is 12.0 Å². The predicted molar refractivity (Wildman–Crippen MR) is 88.2 cm³/mol. The molecule has 3 atom stereocenters. The van der Waals surface area contributed by atoms with Gasteiger partial charge in [-0.25, -0.2) is 0 Å². The second-order valence-corrected chi connectivity index (χ2v) is 6.48. The van der Waals surface area contributed by atoms with Crippen LogP contribution in [-0.4, -0.2) is 6.54 Å². The van der Waals surface area contributed by atoms with E-state index in [-0.39, 0.29) is 0 Å². The highest BCUT2D eigenvalue weighted by molar-refractivity contribution is 6.31. The van der Waals surface area contributed by atoms with Gasteiger partial charge in [-0.3, -0.25) is 0 Å². The summed E-state index contributed by atoms with van der Waals surface area (Å²) >= 11 is 6.47. The van der Waals surface area contributed by atoms with Crippen LogP contribution in [0.15, 0.2) is 24.3 Å². The van der Waals surface area contributed by atoms with Gasteiger partial charge in [0.25, 0.3) is 0 Å². The Morgan fingerprint density at radius 3 is 2.65 bits per heavy atom. The van der Waals surface area contributed by atoms with E-state index in [1.54, 1.807) is 0 Å². The number of hydrogen-bond donors (Lipinski definition) is 1. The summed E-state index contributed by atoms with van der Waals surface area (Å²) in [7, 11) is 0. The molecule has 0 saturated heterocycles. The molecule has 1 saturated carbocycles. The number of hydrogen-bond acceptors (Lipinski definition) is 1. The maximum atomic E-state index is 6.47. The van der Waals surface area contributed by atoms with Crippen molar-refractivity contribution in [3.63, 3.8) is 0 Å². The van der Waals surface area contributed by atoms with Gasteiger partial charge in [-0.1, -0.05) is 69.3 Å². The van der Waals surface area contributed by atoms with Crippen molar-refractivity contribution in [2.75, 3.05) is 6.54 Å². The van der Waals surface area contributed by atoms with Crippen molar-refractivity contribution >= 4 is 11.6 Å². The molecule has 1 fully saturated rings. The van der Waals surface area contributed by atoms with E-state index in [4.69, 9.17) is 11.6 Å². The van der Waals surface area contributed by atoms with E-state index in [9.17, 15) is 0 Å². The average molecular weight is 294 g/mol. The molecule has 1 aliphatic rings. The molecule has 0 bridgehead atoms. The Labute approximate surface area is 129 Å². The Kier molecular flexibility index (Phi) is 6.38. The van der Waals surface area contributed by atoms with Gasteiger partial charge in [-0.05, 0) is 42.9 Å². The van der Waals surface area contributed by atoms with E-state index in [2.05, 4.69) is 31.3 Å². The van der Waals surface area contributed by atoms with Crippen LogP contribution < -0.4 is 5.32 Å². The maximum absolute atomic E-state index is 6.47. The van der Waals surface area contributed by atoms with Crippen molar-refractivity contribution in [2.45, 2.75) is 58.4 Å². The molecule has 1 aromatic rings. The molecule has 2 heteroatoms. The molecule has 0 amide bonds. The second kappa shape index (κ2) is 8.05. The molecule has 0 radical (unpaired) electrons. The van der Waals surface area contributed by atoms with Crippen LogP contribution in [0.25, 0.3) is 0 Å². The molecular weight excluding hydrogens is 266 g/mol. The zero-order valence-corrected chi connectivity index (χ0v) is 13.6. The fraction of sp³-hybridized carbons (Fsp3) is 0.667. The van der Waals surface area contributed by atoms with Gasteiger partial charge in [0.1, 0.15) is 0 Å². The SMILES string of the molecule is CCCNC(c1ccccc1Cl)C1CCCCC1CC. The minimum Gasteiger partial charge on any atom is -0.310 e. The Bertz CT molecular complexity index is 404. The highest BCUT2D eigenvalue weighted by Gasteiger charge is 2.32. The van der Waals surface area contributed by atoms with Gasteiger partial charge in [-0.15, -0.1) is 0 Å². The molecule has 1 N–H and O–H groups in total. The molecule has 1 nitrogen and oxygen atoms in total. The van der Waals surface area contributed by atoms with E-state index in [0.717, 1.165) is 23.4 Å². The lowest BCUT2D eigenvalue weighted by atomic mass is 9.72. The first kappa shape index (κ1) is 15.9. The fourth-order valence-corrected chi connectivity index (χ4v) is 3.95. The molecule has 1 aliphatic carbocycles. The van der Waals surface area contributed by atoms with Crippen molar-refractivity contribution in [3.05, 3.63) is 34.9 Å². The molecule has 0 spiro atoms. The molecule has 112 valence electrons. The fourth-order valence-electron chi connectivity index (χ4n) is 3.70. The summed E-state index contributed by atoms with van der Waals surface area (Å²) in [6.07, 6.45) is 7.96. The molecule has 0 aliphatic heterocycles. The first-order valence-corrected chi connectivity index (χ1v) is 8.63. The van der Waals surface area contributed by atoms with Gasteiger partial charge < -0.3 is 5.32 Å². The number of nitrogens with one attached hydrogen (secondary N) is 1. The summed E-state index contributed by atoms with van der Waals surface area (Å²) in [6.45, 7) is 5.64. The van der Waals surface area contributed by atoms with Crippen molar-refractivity contribution in [2.24, 2.45) is 11.8 Å². The normalized spacial score (nSPS) is 24.6. The lowest BCUT2D eigenvalue weighted by Crippen LogP contribution is -2.35. The third-order valence-corrected chi connectivity index (χ3v) is 5.12. The Hall–Kier alpha value is -0.530. The van der Waals surface area contributed by atoms with Gasteiger partial charge in [0.05, 0.1) is 0 Å². The monoisotopic (exact) mass is 293 g/mol. The van der Waals surface area contributed by atoms with Crippen LogP contribution >= 0.6 is 11.6 Å². The molecule has 0 aromatic heterocycles. The van der Waals surface area contributed by atoms with Crippen molar-refractivity contribution in [3.8, 4) is 0 Å². The zero-order valence-electron chi connectivity index (χ0n) is 12.9. The van der Waals surface area contributed by atoms with Crippen LogP contribution in [0.2, 0.25) is 5.02 Å².